The van der Waals surface area contributed by atoms with Crippen LogP contribution in [0.2, 0.25) is 14.8 Å². The number of carbonyl (C=O) groups is 1. The predicted molar refractivity (Wildman–Crippen MR) is 81.9 cm³/mol. The molecule has 0 fully saturated rings. The van der Waals surface area contributed by atoms with Crippen molar-refractivity contribution in [3.63, 3.8) is 0 Å². The quantitative estimate of drug-likeness (QED) is 0.751. The Morgan fingerprint density at radius 2 is 1.89 bits per heavy atom. The van der Waals surface area contributed by atoms with Crippen molar-refractivity contribution in [3.05, 3.63) is 18.3 Å². The molecule has 0 N–H and O–H groups in total. The molecule has 0 aromatic carbocycles. The number of amides is 1. The van der Waals surface area contributed by atoms with Crippen LogP contribution >= 0.6 is 0 Å². The van der Waals surface area contributed by atoms with Gasteiger partial charge in [-0.1, -0.05) is 0 Å². The van der Waals surface area contributed by atoms with Gasteiger partial charge in [0.15, 0.2) is 0 Å². The van der Waals surface area contributed by atoms with Gasteiger partial charge < -0.3 is 0 Å². The van der Waals surface area contributed by atoms with Gasteiger partial charge in [-0.3, -0.25) is 0 Å². The van der Waals surface area contributed by atoms with Gasteiger partial charge in [-0.05, 0) is 0 Å². The second-order valence-corrected chi connectivity index (χ2v) is 21.2. The Bertz CT molecular complexity index is 461. The fourth-order valence-corrected chi connectivity index (χ4v) is 4.74. The molecule has 19 heavy (non-hydrogen) atoms. The summed E-state index contributed by atoms with van der Waals surface area (Å²) in [7, 11) is 1.69. The summed E-state index contributed by atoms with van der Waals surface area (Å²) < 4.78 is 6.69. The van der Waals surface area contributed by atoms with Gasteiger partial charge in [-0.15, -0.1) is 0 Å². The zero-order chi connectivity index (χ0) is 14.8. The average Bonchev–Trinajstić information content (AvgIpc) is 2.24. The third-order valence-electron chi connectivity index (χ3n) is 2.62. The molecule has 0 aliphatic heterocycles. The Kier molecular flexibility index (Phi) is 4.87. The van der Waals surface area contributed by atoms with Gasteiger partial charge in [0.2, 0.25) is 0 Å². The van der Waals surface area contributed by atoms with E-state index in [1.54, 1.807) is 13.2 Å². The zero-order valence-electron chi connectivity index (χ0n) is 12.9. The van der Waals surface area contributed by atoms with Crippen LogP contribution < -0.4 is 8.48 Å². The third-order valence-corrected chi connectivity index (χ3v) is 8.45. The van der Waals surface area contributed by atoms with Crippen molar-refractivity contribution >= 4 is 33.9 Å². The minimum atomic E-state index is -2.14. The topological polar surface area (TPSA) is 42.4 Å². The van der Waals surface area contributed by atoms with E-state index in [2.05, 4.69) is 25.9 Å². The van der Waals surface area contributed by atoms with E-state index in [1.165, 1.54) is 8.48 Å². The maximum absolute atomic E-state index is 12.0. The van der Waals surface area contributed by atoms with Crippen LogP contribution in [0.5, 0.6) is 0 Å². The van der Waals surface area contributed by atoms with Gasteiger partial charge >= 0.3 is 120 Å². The molecule has 1 amide bonds. The van der Waals surface area contributed by atoms with Crippen LogP contribution in [-0.2, 0) is 4.74 Å². The summed E-state index contributed by atoms with van der Waals surface area (Å²) in [6, 6.07) is 4.07. The van der Waals surface area contributed by atoms with Crippen molar-refractivity contribution in [2.45, 2.75) is 41.2 Å². The first-order chi connectivity index (χ1) is 8.50. The number of aromatic nitrogens is 1. The van der Waals surface area contributed by atoms with E-state index in [0.29, 0.717) is 5.82 Å². The van der Waals surface area contributed by atoms with Crippen LogP contribution in [0.1, 0.15) is 20.8 Å². The van der Waals surface area contributed by atoms with E-state index < -0.39 is 24.0 Å². The number of hydrogen-bond acceptors (Lipinski definition) is 3. The van der Waals surface area contributed by atoms with E-state index >= 15 is 0 Å². The van der Waals surface area contributed by atoms with E-state index in [1.807, 2.05) is 26.8 Å². The number of ether oxygens (including phenoxy) is 1. The monoisotopic (exact) mass is 372 g/mol. The molecule has 0 saturated heterocycles. The van der Waals surface area contributed by atoms with Gasteiger partial charge in [0, 0.05) is 0 Å². The Balaban J connectivity index is 2.95. The summed E-state index contributed by atoms with van der Waals surface area (Å²) in [5, 5.41) is 0. The van der Waals surface area contributed by atoms with Gasteiger partial charge in [0.05, 0.1) is 0 Å². The second-order valence-electron chi connectivity index (χ2n) is 6.69. The molecule has 4 nitrogen and oxygen atoms in total. The predicted octanol–water partition coefficient (Wildman–Crippen LogP) is 3.00. The fraction of sp³-hybridized carbons (Fsp3) is 0.571. The Labute approximate surface area is 120 Å². The van der Waals surface area contributed by atoms with Crippen LogP contribution in [0.4, 0.5) is 10.6 Å². The summed E-state index contributed by atoms with van der Waals surface area (Å²) in [5.41, 5.74) is -0.494. The SMILES string of the molecule is CN(C(=O)OC(C)(C)C)c1c[c]([Sn]([CH3])([CH3])[CH3])ccn1. The third kappa shape index (κ3) is 5.01. The molecule has 5 heteroatoms. The van der Waals surface area contributed by atoms with Crippen molar-refractivity contribution in [2.24, 2.45) is 0 Å². The molecule has 1 heterocycles. The van der Waals surface area contributed by atoms with E-state index in [-0.39, 0.29) is 6.09 Å². The molecule has 1 aromatic rings. The summed E-state index contributed by atoms with van der Waals surface area (Å²) >= 11 is -2.14. The van der Waals surface area contributed by atoms with Crippen LogP contribution in [-0.4, -0.2) is 42.1 Å². The van der Waals surface area contributed by atoms with Crippen molar-refractivity contribution in [1.29, 1.82) is 0 Å². The molecule has 0 saturated carbocycles. The molecule has 1 aromatic heterocycles. The summed E-state index contributed by atoms with van der Waals surface area (Å²) in [6.07, 6.45) is 1.40. The number of pyridine rings is 1. The van der Waals surface area contributed by atoms with Crippen LogP contribution in [0.25, 0.3) is 0 Å². The number of rotatable bonds is 2. The van der Waals surface area contributed by atoms with Crippen molar-refractivity contribution in [3.8, 4) is 0 Å². The second kappa shape index (κ2) is 5.69. The number of carbonyl (C=O) groups excluding carboxylic acids is 1. The van der Waals surface area contributed by atoms with Crippen molar-refractivity contribution in [1.82, 2.24) is 4.98 Å². The van der Waals surface area contributed by atoms with Gasteiger partial charge in [0.1, 0.15) is 0 Å². The molecule has 0 spiro atoms. The van der Waals surface area contributed by atoms with Crippen molar-refractivity contribution in [2.75, 3.05) is 11.9 Å². The van der Waals surface area contributed by atoms with Crippen LogP contribution in [0.3, 0.4) is 0 Å². The molecular formula is C14H24N2O2Sn. The van der Waals surface area contributed by atoms with Crippen molar-refractivity contribution < 1.29 is 9.53 Å². The molecule has 0 bridgehead atoms. The Morgan fingerprint density at radius 1 is 1.32 bits per heavy atom. The molecule has 0 unspecified atom stereocenters. The van der Waals surface area contributed by atoms with E-state index in [9.17, 15) is 4.79 Å². The molecule has 106 valence electrons. The number of anilines is 1. The van der Waals surface area contributed by atoms with E-state index in [4.69, 9.17) is 4.74 Å². The first kappa shape index (κ1) is 16.3. The first-order valence-corrected chi connectivity index (χ1v) is 16.4. The van der Waals surface area contributed by atoms with E-state index in [0.717, 1.165) is 0 Å². The maximum atomic E-state index is 12.0. The molecule has 1 rings (SSSR count). The molecule has 0 aliphatic rings. The Morgan fingerprint density at radius 3 is 2.37 bits per heavy atom. The fourth-order valence-electron chi connectivity index (χ4n) is 1.49. The van der Waals surface area contributed by atoms with Crippen LogP contribution in [0.15, 0.2) is 18.3 Å². The Hall–Kier alpha value is -0.781. The normalized spacial score (nSPS) is 12.2. The average molecular weight is 371 g/mol. The molecule has 0 atom stereocenters. The van der Waals surface area contributed by atoms with Gasteiger partial charge in [-0.25, -0.2) is 0 Å². The zero-order valence-corrected chi connectivity index (χ0v) is 15.8. The molecule has 0 radical (unpaired) electrons. The van der Waals surface area contributed by atoms with Crippen LogP contribution in [0, 0.1) is 0 Å². The summed E-state index contributed by atoms with van der Waals surface area (Å²) in [4.78, 5) is 24.7. The van der Waals surface area contributed by atoms with Gasteiger partial charge in [-0.2, -0.15) is 0 Å². The summed E-state index contributed by atoms with van der Waals surface area (Å²) in [5.74, 6) is 0.651. The first-order valence-electron chi connectivity index (χ1n) is 6.44. The standard InChI is InChI=1S/C11H15N2O2.3CH3.Sn/c1-11(2,3)15-10(14)13(4)9-7-5-6-8-12-9;;;;/h6-8H,1-4H3;3*1H3;. The molecule has 0 aliphatic carbocycles. The number of hydrogen-bond donors (Lipinski definition) is 0. The number of nitrogens with zero attached hydrogens (tertiary/aromatic N) is 2. The minimum absolute atomic E-state index is 0.374. The summed E-state index contributed by atoms with van der Waals surface area (Å²) in [6.45, 7) is 5.57. The molecular weight excluding hydrogens is 347 g/mol. The van der Waals surface area contributed by atoms with Gasteiger partial charge in [0.25, 0.3) is 0 Å².